The summed E-state index contributed by atoms with van der Waals surface area (Å²) in [6.45, 7) is 1.80. The Bertz CT molecular complexity index is 1350. The summed E-state index contributed by atoms with van der Waals surface area (Å²) in [7, 11) is -0.0203. The van der Waals surface area contributed by atoms with Crippen molar-refractivity contribution in [2.45, 2.75) is 11.8 Å². The molecule has 0 aliphatic rings. The van der Waals surface area contributed by atoms with Gasteiger partial charge in [0, 0.05) is 11.1 Å². The van der Waals surface area contributed by atoms with Gasteiger partial charge in [0.05, 0.1) is 38.5 Å². The topological polar surface area (TPSA) is 103 Å². The van der Waals surface area contributed by atoms with Crippen molar-refractivity contribution in [3.8, 4) is 23.0 Å². The second kappa shape index (κ2) is 12.6. The number of ether oxygens (including phenoxy) is 4. The molecule has 3 rings (SSSR count). The third-order valence-electron chi connectivity index (χ3n) is 5.32. The zero-order valence-corrected chi connectivity index (χ0v) is 22.6. The molecule has 37 heavy (non-hydrogen) atoms. The van der Waals surface area contributed by atoms with Crippen molar-refractivity contribution in [2.24, 2.45) is 0 Å². The Hall–Kier alpha value is -3.63. The number of carbonyl (C=O) groups excluding carboxylic acids is 1. The van der Waals surface area contributed by atoms with Crippen LogP contribution in [0.15, 0.2) is 65.6 Å². The fourth-order valence-corrected chi connectivity index (χ4v) is 5.12. The summed E-state index contributed by atoms with van der Waals surface area (Å²) in [5.41, 5.74) is 1.16. The number of nitrogens with one attached hydrogen (secondary N) is 1. The molecule has 0 heterocycles. The highest BCUT2D eigenvalue weighted by Crippen LogP contribution is 2.36. The maximum atomic E-state index is 13.8. The fraction of sp³-hybridized carbons (Fsp3) is 0.269. The number of carbonyl (C=O) groups is 1. The van der Waals surface area contributed by atoms with E-state index >= 15 is 0 Å². The van der Waals surface area contributed by atoms with E-state index < -0.39 is 22.5 Å². The predicted molar refractivity (Wildman–Crippen MR) is 142 cm³/mol. The number of anilines is 1. The summed E-state index contributed by atoms with van der Waals surface area (Å²) in [6.07, 6.45) is 0. The molecule has 0 spiro atoms. The van der Waals surface area contributed by atoms with Crippen molar-refractivity contribution in [3.05, 3.63) is 71.2 Å². The highest BCUT2D eigenvalue weighted by atomic mass is 35.5. The molecule has 0 saturated heterocycles. The summed E-state index contributed by atoms with van der Waals surface area (Å²) >= 11 is 6.18. The molecule has 0 aliphatic heterocycles. The van der Waals surface area contributed by atoms with Crippen LogP contribution in [0.2, 0.25) is 5.02 Å². The molecule has 0 aliphatic carbocycles. The Kier molecular flexibility index (Phi) is 9.48. The van der Waals surface area contributed by atoms with Crippen LogP contribution < -0.4 is 28.6 Å². The van der Waals surface area contributed by atoms with E-state index in [2.05, 4.69) is 5.32 Å². The van der Waals surface area contributed by atoms with E-state index in [1.54, 1.807) is 6.07 Å². The van der Waals surface area contributed by atoms with E-state index in [4.69, 9.17) is 30.5 Å². The van der Waals surface area contributed by atoms with Gasteiger partial charge in [0.2, 0.25) is 5.91 Å². The number of amides is 1. The summed E-state index contributed by atoms with van der Waals surface area (Å²) in [6, 6.07) is 16.2. The number of methoxy groups -OCH3 is 3. The van der Waals surface area contributed by atoms with E-state index in [-0.39, 0.29) is 40.3 Å². The quantitative estimate of drug-likeness (QED) is 0.340. The van der Waals surface area contributed by atoms with Gasteiger partial charge in [-0.05, 0) is 55.0 Å². The van der Waals surface area contributed by atoms with Gasteiger partial charge in [0.1, 0.15) is 24.7 Å². The molecule has 1 N–H and O–H groups in total. The van der Waals surface area contributed by atoms with E-state index in [1.165, 1.54) is 51.7 Å². The Morgan fingerprint density at radius 1 is 0.919 bits per heavy atom. The molecule has 0 fully saturated rings. The smallest absolute Gasteiger partial charge is 0.265 e. The van der Waals surface area contributed by atoms with Gasteiger partial charge in [-0.15, -0.1) is 0 Å². The maximum absolute atomic E-state index is 13.8. The zero-order chi connectivity index (χ0) is 27.0. The standard InChI is InChI=1S/C26H29ClN2O7S/c1-18-6-5-7-20(14-18)36-13-12-28-26(30)17-29(22-15-19(27)8-10-23(22)33-2)37(31,32)21-9-11-24(34-3)25(16-21)35-4/h5-11,14-16H,12-13,17H2,1-4H3,(H,28,30). The number of benzene rings is 3. The number of aryl methyl sites for hydroxylation is 1. The van der Waals surface area contributed by atoms with Gasteiger partial charge in [-0.2, -0.15) is 0 Å². The molecule has 0 saturated carbocycles. The largest absolute Gasteiger partial charge is 0.495 e. The predicted octanol–water partition coefficient (Wildman–Crippen LogP) is 4.06. The van der Waals surface area contributed by atoms with Crippen molar-refractivity contribution >= 4 is 33.2 Å². The van der Waals surface area contributed by atoms with Gasteiger partial charge in [0.15, 0.2) is 11.5 Å². The SMILES string of the molecule is COc1ccc(S(=O)(=O)N(CC(=O)NCCOc2cccc(C)c2)c2cc(Cl)ccc2OC)cc1OC. The zero-order valence-electron chi connectivity index (χ0n) is 21.0. The summed E-state index contributed by atoms with van der Waals surface area (Å²) in [5.74, 6) is 0.942. The van der Waals surface area contributed by atoms with Crippen LogP contribution in [0.4, 0.5) is 5.69 Å². The molecule has 0 aromatic heterocycles. The number of hydrogen-bond acceptors (Lipinski definition) is 7. The first kappa shape index (κ1) is 27.9. The molecule has 0 atom stereocenters. The van der Waals surface area contributed by atoms with E-state index in [0.717, 1.165) is 9.87 Å². The van der Waals surface area contributed by atoms with Gasteiger partial charge in [-0.3, -0.25) is 9.10 Å². The van der Waals surface area contributed by atoms with Crippen molar-refractivity contribution < 1.29 is 32.2 Å². The van der Waals surface area contributed by atoms with Crippen LogP contribution in [0.1, 0.15) is 5.56 Å². The first-order chi connectivity index (χ1) is 17.7. The van der Waals surface area contributed by atoms with Crippen molar-refractivity contribution in [2.75, 3.05) is 45.3 Å². The molecular formula is C26H29ClN2O7S. The van der Waals surface area contributed by atoms with Gasteiger partial charge in [-0.25, -0.2) is 8.42 Å². The highest BCUT2D eigenvalue weighted by Gasteiger charge is 2.30. The second-order valence-electron chi connectivity index (χ2n) is 7.86. The van der Waals surface area contributed by atoms with Gasteiger partial charge >= 0.3 is 0 Å². The molecule has 0 unspecified atom stereocenters. The van der Waals surface area contributed by atoms with Gasteiger partial charge < -0.3 is 24.3 Å². The van der Waals surface area contributed by atoms with E-state index in [9.17, 15) is 13.2 Å². The van der Waals surface area contributed by atoms with E-state index in [0.29, 0.717) is 11.5 Å². The summed E-state index contributed by atoms with van der Waals surface area (Å²) in [4.78, 5) is 12.8. The molecule has 9 nitrogen and oxygen atoms in total. The first-order valence-corrected chi connectivity index (χ1v) is 13.1. The van der Waals surface area contributed by atoms with Crippen LogP contribution in [0, 0.1) is 6.92 Å². The summed E-state index contributed by atoms with van der Waals surface area (Å²) in [5, 5.41) is 2.97. The fourth-order valence-electron chi connectivity index (χ4n) is 3.51. The highest BCUT2D eigenvalue weighted by molar-refractivity contribution is 7.92. The van der Waals surface area contributed by atoms with Crippen LogP contribution in [-0.4, -0.2) is 55.4 Å². The molecule has 3 aromatic rings. The van der Waals surface area contributed by atoms with Crippen LogP contribution >= 0.6 is 11.6 Å². The molecule has 0 radical (unpaired) electrons. The lowest BCUT2D eigenvalue weighted by molar-refractivity contribution is -0.119. The van der Waals surface area contributed by atoms with Crippen molar-refractivity contribution in [3.63, 3.8) is 0 Å². The number of rotatable bonds is 12. The maximum Gasteiger partial charge on any atom is 0.265 e. The number of sulfonamides is 1. The molecular weight excluding hydrogens is 520 g/mol. The Morgan fingerprint density at radius 2 is 1.62 bits per heavy atom. The monoisotopic (exact) mass is 548 g/mol. The third-order valence-corrected chi connectivity index (χ3v) is 7.31. The summed E-state index contributed by atoms with van der Waals surface area (Å²) < 4.78 is 50.0. The van der Waals surface area contributed by atoms with Gasteiger partial charge in [-0.1, -0.05) is 23.7 Å². The van der Waals surface area contributed by atoms with Crippen molar-refractivity contribution in [1.82, 2.24) is 5.32 Å². The van der Waals surface area contributed by atoms with Crippen molar-refractivity contribution in [1.29, 1.82) is 0 Å². The Balaban J connectivity index is 1.86. The molecule has 3 aromatic carbocycles. The Labute approximate surface area is 221 Å². The lowest BCUT2D eigenvalue weighted by Crippen LogP contribution is -2.42. The minimum atomic E-state index is -4.27. The molecule has 198 valence electrons. The second-order valence-corrected chi connectivity index (χ2v) is 10.2. The van der Waals surface area contributed by atoms with Gasteiger partial charge in [0.25, 0.3) is 10.0 Å². The van der Waals surface area contributed by atoms with Crippen LogP contribution in [0.5, 0.6) is 23.0 Å². The van der Waals surface area contributed by atoms with Crippen LogP contribution in [0.3, 0.4) is 0 Å². The molecule has 11 heteroatoms. The average molecular weight is 549 g/mol. The number of halogens is 1. The lowest BCUT2D eigenvalue weighted by atomic mass is 10.2. The minimum Gasteiger partial charge on any atom is -0.495 e. The Morgan fingerprint density at radius 3 is 2.30 bits per heavy atom. The average Bonchev–Trinajstić information content (AvgIpc) is 2.89. The normalized spacial score (nSPS) is 10.9. The van der Waals surface area contributed by atoms with E-state index in [1.807, 2.05) is 31.2 Å². The molecule has 1 amide bonds. The molecule has 0 bridgehead atoms. The first-order valence-electron chi connectivity index (χ1n) is 11.2. The van der Waals surface area contributed by atoms with Crippen LogP contribution in [-0.2, 0) is 14.8 Å². The number of hydrogen-bond donors (Lipinski definition) is 1. The third kappa shape index (κ3) is 6.99. The number of nitrogens with zero attached hydrogens (tertiary/aromatic N) is 1. The van der Waals surface area contributed by atoms with Crippen LogP contribution in [0.25, 0.3) is 0 Å². The lowest BCUT2D eigenvalue weighted by Gasteiger charge is -2.26. The minimum absolute atomic E-state index is 0.107.